The summed E-state index contributed by atoms with van der Waals surface area (Å²) >= 11 is 12.3. The number of carbonyl (C=O) groups is 2. The molecule has 0 aromatic heterocycles. The molecular formula is C27H35Cl2N3O5S. The maximum atomic E-state index is 13.8. The van der Waals surface area contributed by atoms with Crippen molar-refractivity contribution in [2.75, 3.05) is 24.2 Å². The lowest BCUT2D eigenvalue weighted by atomic mass is 9.95. The molecule has 1 saturated carbocycles. The molecule has 1 N–H and O–H groups in total. The highest BCUT2D eigenvalue weighted by atomic mass is 35.5. The number of halogens is 2. The molecule has 1 atom stereocenters. The van der Waals surface area contributed by atoms with E-state index in [9.17, 15) is 18.0 Å². The van der Waals surface area contributed by atoms with Crippen molar-refractivity contribution in [3.63, 3.8) is 0 Å². The lowest BCUT2D eigenvalue weighted by Crippen LogP contribution is -2.53. The summed E-state index contributed by atoms with van der Waals surface area (Å²) in [5.41, 5.74) is 0.957. The Labute approximate surface area is 235 Å². The highest BCUT2D eigenvalue weighted by Crippen LogP contribution is 2.26. The first-order valence-corrected chi connectivity index (χ1v) is 15.3. The van der Waals surface area contributed by atoms with Crippen molar-refractivity contribution >= 4 is 50.7 Å². The lowest BCUT2D eigenvalue weighted by Gasteiger charge is -2.34. The summed E-state index contributed by atoms with van der Waals surface area (Å²) in [5.74, 6) is -0.315. The number of hydrogen-bond acceptors (Lipinski definition) is 5. The molecule has 3 rings (SSSR count). The number of ether oxygens (including phenoxy) is 1. The molecule has 1 fully saturated rings. The van der Waals surface area contributed by atoms with Crippen molar-refractivity contribution in [1.82, 2.24) is 10.2 Å². The third-order valence-corrected chi connectivity index (χ3v) is 8.57. The molecule has 8 nitrogen and oxygen atoms in total. The zero-order chi connectivity index (χ0) is 27.9. The van der Waals surface area contributed by atoms with Gasteiger partial charge in [0.25, 0.3) is 0 Å². The molecule has 0 aliphatic heterocycles. The van der Waals surface area contributed by atoms with E-state index in [1.807, 2.05) is 6.92 Å². The van der Waals surface area contributed by atoms with E-state index < -0.39 is 28.5 Å². The molecule has 2 aromatic rings. The Bertz CT molecular complexity index is 1230. The van der Waals surface area contributed by atoms with Crippen molar-refractivity contribution in [2.45, 2.75) is 64.1 Å². The van der Waals surface area contributed by atoms with E-state index in [-0.39, 0.29) is 24.2 Å². The maximum Gasteiger partial charge on any atom is 0.244 e. The van der Waals surface area contributed by atoms with Gasteiger partial charge in [0.05, 0.1) is 29.1 Å². The summed E-state index contributed by atoms with van der Waals surface area (Å²) in [4.78, 5) is 28.7. The quantitative estimate of drug-likeness (QED) is 0.400. The van der Waals surface area contributed by atoms with Gasteiger partial charge in [0, 0.05) is 18.7 Å². The number of methoxy groups -OCH3 is 1. The fraction of sp³-hybridized carbons (Fsp3) is 0.481. The van der Waals surface area contributed by atoms with Crippen LogP contribution >= 0.6 is 23.2 Å². The molecule has 0 bridgehead atoms. The Hall–Kier alpha value is -2.49. The van der Waals surface area contributed by atoms with Crippen LogP contribution in [-0.4, -0.2) is 57.1 Å². The molecule has 0 unspecified atom stereocenters. The van der Waals surface area contributed by atoms with Gasteiger partial charge in [-0.2, -0.15) is 0 Å². The molecule has 0 saturated heterocycles. The van der Waals surface area contributed by atoms with Gasteiger partial charge in [0.1, 0.15) is 18.3 Å². The van der Waals surface area contributed by atoms with Gasteiger partial charge in [-0.25, -0.2) is 8.42 Å². The lowest BCUT2D eigenvalue weighted by molar-refractivity contribution is -0.140. The number of nitrogens with one attached hydrogen (secondary N) is 1. The smallest absolute Gasteiger partial charge is 0.244 e. The molecule has 0 heterocycles. The predicted octanol–water partition coefficient (Wildman–Crippen LogP) is 5.02. The van der Waals surface area contributed by atoms with Crippen LogP contribution in [0, 0.1) is 0 Å². The minimum Gasteiger partial charge on any atom is -0.497 e. The van der Waals surface area contributed by atoms with E-state index in [1.54, 1.807) is 42.5 Å². The van der Waals surface area contributed by atoms with Crippen molar-refractivity contribution in [1.29, 1.82) is 0 Å². The normalized spacial score (nSPS) is 15.0. The Morgan fingerprint density at radius 3 is 2.39 bits per heavy atom. The summed E-state index contributed by atoms with van der Waals surface area (Å²) in [6.45, 7) is 1.40. The topological polar surface area (TPSA) is 96.0 Å². The SMILES string of the molecule is CC[C@@H](C(=O)NC1CCCCC1)N(Cc1ccc(Cl)c(Cl)c1)C(=O)CN(c1cccc(OC)c1)S(C)(=O)=O. The molecule has 2 aromatic carbocycles. The fourth-order valence-corrected chi connectivity index (χ4v) is 5.84. The van der Waals surface area contributed by atoms with Crippen LogP contribution in [0.25, 0.3) is 0 Å². The van der Waals surface area contributed by atoms with Gasteiger partial charge in [-0.3, -0.25) is 13.9 Å². The number of sulfonamides is 1. The highest BCUT2D eigenvalue weighted by Gasteiger charge is 2.33. The van der Waals surface area contributed by atoms with E-state index in [4.69, 9.17) is 27.9 Å². The number of benzene rings is 2. The zero-order valence-corrected chi connectivity index (χ0v) is 24.3. The van der Waals surface area contributed by atoms with E-state index in [2.05, 4.69) is 5.32 Å². The van der Waals surface area contributed by atoms with Gasteiger partial charge >= 0.3 is 0 Å². The summed E-state index contributed by atoms with van der Waals surface area (Å²) in [6.07, 6.45) is 6.45. The van der Waals surface area contributed by atoms with Gasteiger partial charge in [-0.05, 0) is 49.1 Å². The standard InChI is InChI=1S/C27H35Cl2N3O5S/c1-4-25(27(34)30-20-9-6-5-7-10-20)31(17-19-13-14-23(28)24(29)15-19)26(33)18-32(38(3,35)36)21-11-8-12-22(16-21)37-2/h8,11-16,20,25H,4-7,9-10,17-18H2,1-3H3,(H,30,34)/t25-/m0/s1. The fourth-order valence-electron chi connectivity index (χ4n) is 4.68. The van der Waals surface area contributed by atoms with Crippen LogP contribution in [0.5, 0.6) is 5.75 Å². The molecule has 208 valence electrons. The van der Waals surface area contributed by atoms with Crippen LogP contribution in [0.4, 0.5) is 5.69 Å². The van der Waals surface area contributed by atoms with Crippen molar-refractivity contribution in [3.8, 4) is 5.75 Å². The van der Waals surface area contributed by atoms with E-state index in [1.165, 1.54) is 12.0 Å². The third-order valence-electron chi connectivity index (χ3n) is 6.69. The molecular weight excluding hydrogens is 549 g/mol. The summed E-state index contributed by atoms with van der Waals surface area (Å²) < 4.78 is 31.8. The number of carbonyl (C=O) groups excluding carboxylic acids is 2. The van der Waals surface area contributed by atoms with E-state index >= 15 is 0 Å². The number of nitrogens with zero attached hydrogens (tertiary/aromatic N) is 2. The second kappa shape index (κ2) is 13.5. The van der Waals surface area contributed by atoms with Crippen molar-refractivity contribution in [3.05, 3.63) is 58.1 Å². The first-order chi connectivity index (χ1) is 18.0. The number of anilines is 1. The minimum atomic E-state index is -3.84. The third kappa shape index (κ3) is 8.01. The van der Waals surface area contributed by atoms with Crippen molar-refractivity contribution < 1.29 is 22.7 Å². The van der Waals surface area contributed by atoms with Crippen molar-refractivity contribution in [2.24, 2.45) is 0 Å². The van der Waals surface area contributed by atoms with Crippen LogP contribution in [-0.2, 0) is 26.2 Å². The van der Waals surface area contributed by atoms with Crippen LogP contribution in [0.1, 0.15) is 51.0 Å². The Balaban J connectivity index is 1.94. The molecule has 38 heavy (non-hydrogen) atoms. The van der Waals surface area contributed by atoms with Crippen LogP contribution in [0.3, 0.4) is 0 Å². The van der Waals surface area contributed by atoms with Crippen LogP contribution in [0.2, 0.25) is 10.0 Å². The van der Waals surface area contributed by atoms with Crippen LogP contribution < -0.4 is 14.4 Å². The molecule has 11 heteroatoms. The average Bonchev–Trinajstić information content (AvgIpc) is 2.89. The Morgan fingerprint density at radius 2 is 1.79 bits per heavy atom. The average molecular weight is 585 g/mol. The maximum absolute atomic E-state index is 13.8. The van der Waals surface area contributed by atoms with Gasteiger partial charge < -0.3 is 15.0 Å². The summed E-state index contributed by atoms with van der Waals surface area (Å²) in [5, 5.41) is 3.81. The number of hydrogen-bond donors (Lipinski definition) is 1. The van der Waals surface area contributed by atoms with Gasteiger partial charge in [-0.1, -0.05) is 61.5 Å². The van der Waals surface area contributed by atoms with Gasteiger partial charge in [-0.15, -0.1) is 0 Å². The monoisotopic (exact) mass is 583 g/mol. The van der Waals surface area contributed by atoms with E-state index in [0.717, 1.165) is 42.7 Å². The largest absolute Gasteiger partial charge is 0.497 e. The molecule has 2 amide bonds. The number of amides is 2. The number of rotatable bonds is 11. The highest BCUT2D eigenvalue weighted by molar-refractivity contribution is 7.92. The molecule has 0 radical (unpaired) electrons. The van der Waals surface area contributed by atoms with Gasteiger partial charge in [0.2, 0.25) is 21.8 Å². The minimum absolute atomic E-state index is 0.0576. The second-order valence-corrected chi connectivity index (χ2v) is 12.2. The zero-order valence-electron chi connectivity index (χ0n) is 22.0. The van der Waals surface area contributed by atoms with E-state index in [0.29, 0.717) is 27.8 Å². The predicted molar refractivity (Wildman–Crippen MR) is 151 cm³/mol. The molecule has 1 aliphatic rings. The molecule has 0 spiro atoms. The molecule has 1 aliphatic carbocycles. The Morgan fingerprint density at radius 1 is 1.08 bits per heavy atom. The second-order valence-electron chi connectivity index (χ2n) is 9.51. The van der Waals surface area contributed by atoms with Crippen LogP contribution in [0.15, 0.2) is 42.5 Å². The summed E-state index contributed by atoms with van der Waals surface area (Å²) in [6, 6.07) is 10.7. The first kappa shape index (κ1) is 30.1. The summed E-state index contributed by atoms with van der Waals surface area (Å²) in [7, 11) is -2.36. The Kier molecular flexibility index (Phi) is 10.7. The first-order valence-electron chi connectivity index (χ1n) is 12.7. The van der Waals surface area contributed by atoms with Gasteiger partial charge in [0.15, 0.2) is 0 Å².